The van der Waals surface area contributed by atoms with Crippen molar-refractivity contribution >= 4 is 32.8 Å². The molecule has 1 heterocycles. The molecule has 0 saturated heterocycles. The Labute approximate surface area is 138 Å². The van der Waals surface area contributed by atoms with Crippen LogP contribution in [0.15, 0.2) is 47.4 Å². The van der Waals surface area contributed by atoms with Crippen molar-refractivity contribution in [2.75, 3.05) is 13.7 Å². The van der Waals surface area contributed by atoms with E-state index in [4.69, 9.17) is 4.74 Å². The van der Waals surface area contributed by atoms with Gasteiger partial charge in [-0.2, -0.15) is 8.75 Å². The molecule has 8 heteroatoms. The van der Waals surface area contributed by atoms with Gasteiger partial charge in [0.2, 0.25) is 10.0 Å². The standard InChI is InChI=1S/C15H15N3O3S2/c1-21-12-7-5-11(6-8-12)9-10-16-23(19,20)14-4-2-3-13-15(14)18-22-17-13/h2-8,16H,9-10H2,1H3. The van der Waals surface area contributed by atoms with E-state index >= 15 is 0 Å². The first-order valence-corrected chi connectivity index (χ1v) is 9.15. The van der Waals surface area contributed by atoms with Gasteiger partial charge in [0.1, 0.15) is 21.7 Å². The summed E-state index contributed by atoms with van der Waals surface area (Å²) in [6.07, 6.45) is 0.592. The average Bonchev–Trinajstić information content (AvgIpc) is 3.03. The first-order chi connectivity index (χ1) is 11.1. The van der Waals surface area contributed by atoms with Gasteiger partial charge in [-0.15, -0.1) is 0 Å². The number of benzene rings is 2. The predicted octanol–water partition coefficient (Wildman–Crippen LogP) is 2.22. The van der Waals surface area contributed by atoms with Crippen LogP contribution in [0.4, 0.5) is 0 Å². The zero-order valence-corrected chi connectivity index (χ0v) is 14.0. The van der Waals surface area contributed by atoms with E-state index in [2.05, 4.69) is 13.5 Å². The molecule has 1 N–H and O–H groups in total. The molecule has 0 atom stereocenters. The third-order valence-corrected chi connectivity index (χ3v) is 5.44. The van der Waals surface area contributed by atoms with Crippen LogP contribution in [0.5, 0.6) is 5.75 Å². The van der Waals surface area contributed by atoms with E-state index in [9.17, 15) is 8.42 Å². The number of rotatable bonds is 6. The Hall–Kier alpha value is -2.03. The summed E-state index contributed by atoms with van der Waals surface area (Å²) < 4.78 is 40.7. The van der Waals surface area contributed by atoms with Gasteiger partial charge < -0.3 is 4.74 Å². The summed E-state index contributed by atoms with van der Waals surface area (Å²) in [5.74, 6) is 0.775. The Morgan fingerprint density at radius 3 is 2.65 bits per heavy atom. The van der Waals surface area contributed by atoms with Crippen LogP contribution >= 0.6 is 11.7 Å². The van der Waals surface area contributed by atoms with Crippen LogP contribution in [0.1, 0.15) is 5.56 Å². The second kappa shape index (κ2) is 6.61. The van der Waals surface area contributed by atoms with Crippen molar-refractivity contribution in [1.82, 2.24) is 13.5 Å². The molecule has 0 radical (unpaired) electrons. The third-order valence-electron chi connectivity index (χ3n) is 3.40. The van der Waals surface area contributed by atoms with E-state index in [1.54, 1.807) is 25.3 Å². The summed E-state index contributed by atoms with van der Waals surface area (Å²) in [6, 6.07) is 12.5. The average molecular weight is 349 g/mol. The minimum atomic E-state index is -3.61. The predicted molar refractivity (Wildman–Crippen MR) is 89.3 cm³/mol. The molecule has 0 spiro atoms. The topological polar surface area (TPSA) is 81.2 Å². The second-order valence-corrected chi connectivity index (χ2v) is 7.15. The van der Waals surface area contributed by atoms with Gasteiger partial charge in [-0.3, -0.25) is 0 Å². The minimum absolute atomic E-state index is 0.165. The highest BCUT2D eigenvalue weighted by Gasteiger charge is 2.18. The molecule has 23 heavy (non-hydrogen) atoms. The first kappa shape index (κ1) is 15.9. The van der Waals surface area contributed by atoms with Crippen molar-refractivity contribution < 1.29 is 13.2 Å². The molecule has 0 amide bonds. The van der Waals surface area contributed by atoms with Gasteiger partial charge in [-0.05, 0) is 36.2 Å². The monoisotopic (exact) mass is 349 g/mol. The van der Waals surface area contributed by atoms with Crippen LogP contribution in [0.3, 0.4) is 0 Å². The molecule has 0 aliphatic rings. The molecule has 1 aromatic heterocycles. The number of fused-ring (bicyclic) bond motifs is 1. The summed E-state index contributed by atoms with van der Waals surface area (Å²) in [5, 5.41) is 0. The van der Waals surface area contributed by atoms with Crippen molar-refractivity contribution in [3.8, 4) is 5.75 Å². The molecule has 0 bridgehead atoms. The van der Waals surface area contributed by atoms with Crippen LogP contribution in [-0.2, 0) is 16.4 Å². The highest BCUT2D eigenvalue weighted by Crippen LogP contribution is 2.20. The second-order valence-electron chi connectivity index (χ2n) is 4.88. The van der Waals surface area contributed by atoms with Gasteiger partial charge in [0.05, 0.1) is 18.8 Å². The third kappa shape index (κ3) is 3.49. The highest BCUT2D eigenvalue weighted by molar-refractivity contribution is 7.89. The van der Waals surface area contributed by atoms with Crippen molar-refractivity contribution in [3.63, 3.8) is 0 Å². The van der Waals surface area contributed by atoms with Crippen LogP contribution < -0.4 is 9.46 Å². The number of methoxy groups -OCH3 is 1. The molecule has 6 nitrogen and oxygen atoms in total. The Balaban J connectivity index is 1.70. The van der Waals surface area contributed by atoms with Gasteiger partial charge >= 0.3 is 0 Å². The Kier molecular flexibility index (Phi) is 4.56. The molecule has 3 aromatic rings. The van der Waals surface area contributed by atoms with Crippen LogP contribution in [0, 0.1) is 0 Å². The molecule has 3 rings (SSSR count). The largest absolute Gasteiger partial charge is 0.497 e. The van der Waals surface area contributed by atoms with E-state index in [1.807, 2.05) is 24.3 Å². The summed E-state index contributed by atoms with van der Waals surface area (Å²) >= 11 is 1.00. The lowest BCUT2D eigenvalue weighted by molar-refractivity contribution is 0.414. The number of sulfonamides is 1. The zero-order valence-electron chi connectivity index (χ0n) is 12.4. The molecule has 0 aliphatic carbocycles. The lowest BCUT2D eigenvalue weighted by Crippen LogP contribution is -2.26. The van der Waals surface area contributed by atoms with E-state index < -0.39 is 10.0 Å². The molecule has 2 aromatic carbocycles. The molecule has 0 aliphatic heterocycles. The van der Waals surface area contributed by atoms with Crippen molar-refractivity contribution in [3.05, 3.63) is 48.0 Å². The lowest BCUT2D eigenvalue weighted by atomic mass is 10.1. The Morgan fingerprint density at radius 1 is 1.13 bits per heavy atom. The maximum Gasteiger partial charge on any atom is 0.242 e. The summed E-state index contributed by atoms with van der Waals surface area (Å²) in [6.45, 7) is 0.308. The zero-order chi connectivity index (χ0) is 16.3. The van der Waals surface area contributed by atoms with Crippen LogP contribution in [-0.4, -0.2) is 30.8 Å². The van der Waals surface area contributed by atoms with Crippen LogP contribution in [0.2, 0.25) is 0 Å². The van der Waals surface area contributed by atoms with E-state index in [0.29, 0.717) is 24.0 Å². The van der Waals surface area contributed by atoms with Gasteiger partial charge in [0, 0.05) is 6.54 Å². The fourth-order valence-electron chi connectivity index (χ4n) is 2.20. The molecule has 0 saturated carbocycles. The summed E-state index contributed by atoms with van der Waals surface area (Å²) in [4.78, 5) is 0.165. The minimum Gasteiger partial charge on any atom is -0.497 e. The van der Waals surface area contributed by atoms with Gasteiger partial charge in [0.15, 0.2) is 0 Å². The summed E-state index contributed by atoms with van der Waals surface area (Å²) in [5.41, 5.74) is 2.03. The number of hydrogen-bond acceptors (Lipinski definition) is 6. The van der Waals surface area contributed by atoms with Gasteiger partial charge in [-0.1, -0.05) is 18.2 Å². The number of hydrogen-bond donors (Lipinski definition) is 1. The fourth-order valence-corrected chi connectivity index (χ4v) is 3.99. The van der Waals surface area contributed by atoms with Crippen LogP contribution in [0.25, 0.3) is 11.0 Å². The fraction of sp³-hybridized carbons (Fsp3) is 0.200. The maximum absolute atomic E-state index is 12.4. The molecular weight excluding hydrogens is 334 g/mol. The molecule has 120 valence electrons. The van der Waals surface area contributed by atoms with E-state index in [1.165, 1.54) is 0 Å². The number of nitrogens with zero attached hydrogens (tertiary/aromatic N) is 2. The Bertz CT molecular complexity index is 905. The number of nitrogens with one attached hydrogen (secondary N) is 1. The molecular formula is C15H15N3O3S2. The Morgan fingerprint density at radius 2 is 1.91 bits per heavy atom. The number of ether oxygens (including phenoxy) is 1. The van der Waals surface area contributed by atoms with E-state index in [-0.39, 0.29) is 4.90 Å². The van der Waals surface area contributed by atoms with Crippen molar-refractivity contribution in [2.24, 2.45) is 0 Å². The smallest absolute Gasteiger partial charge is 0.242 e. The number of aromatic nitrogens is 2. The van der Waals surface area contributed by atoms with Crippen molar-refractivity contribution in [2.45, 2.75) is 11.3 Å². The SMILES string of the molecule is COc1ccc(CCNS(=O)(=O)c2cccc3nsnc23)cc1. The summed E-state index contributed by atoms with van der Waals surface area (Å²) in [7, 11) is -2.00. The van der Waals surface area contributed by atoms with Crippen molar-refractivity contribution in [1.29, 1.82) is 0 Å². The lowest BCUT2D eigenvalue weighted by Gasteiger charge is -2.07. The molecule has 0 fully saturated rings. The van der Waals surface area contributed by atoms with E-state index in [0.717, 1.165) is 23.0 Å². The quantitative estimate of drug-likeness (QED) is 0.738. The normalized spacial score (nSPS) is 11.7. The first-order valence-electron chi connectivity index (χ1n) is 6.94. The van der Waals surface area contributed by atoms with Gasteiger partial charge in [0.25, 0.3) is 0 Å². The van der Waals surface area contributed by atoms with Gasteiger partial charge in [-0.25, -0.2) is 13.1 Å². The maximum atomic E-state index is 12.4. The highest BCUT2D eigenvalue weighted by atomic mass is 32.2. The molecule has 0 unspecified atom stereocenters.